The van der Waals surface area contributed by atoms with Crippen molar-refractivity contribution in [1.29, 1.82) is 0 Å². The molecule has 0 unspecified atom stereocenters. The Bertz CT molecular complexity index is 830. The van der Waals surface area contributed by atoms with E-state index in [1.54, 1.807) is 36.4 Å². The molecule has 2 aromatic carbocycles. The van der Waals surface area contributed by atoms with E-state index in [9.17, 15) is 14.4 Å². The van der Waals surface area contributed by atoms with Crippen LogP contribution in [0.2, 0.25) is 5.02 Å². The van der Waals surface area contributed by atoms with Crippen LogP contribution >= 0.6 is 11.6 Å². The molecule has 0 saturated carbocycles. The lowest BCUT2D eigenvalue weighted by atomic mass is 9.83. The number of carboxylic acid groups (broad SMARTS) is 1. The Hall–Kier alpha value is -2.86. The lowest BCUT2D eigenvalue weighted by molar-refractivity contribution is -0.136. The smallest absolute Gasteiger partial charge is 0.305 e. The van der Waals surface area contributed by atoms with Crippen molar-refractivity contribution >= 4 is 35.1 Å². The zero-order valence-corrected chi connectivity index (χ0v) is 15.8. The molecule has 0 aromatic heterocycles. The number of carbonyl (C=O) groups excluding carboxylic acids is 2. The molecule has 2 aromatic rings. The number of aliphatic carboxylic acids is 1. The number of hydrogen-bond donors (Lipinski definition) is 3. The molecule has 0 fully saturated rings. The van der Waals surface area contributed by atoms with E-state index in [4.69, 9.17) is 16.7 Å². The van der Waals surface area contributed by atoms with Crippen molar-refractivity contribution in [1.82, 2.24) is 5.32 Å². The quantitative estimate of drug-likeness (QED) is 0.676. The molecule has 27 heavy (non-hydrogen) atoms. The summed E-state index contributed by atoms with van der Waals surface area (Å²) < 4.78 is 0. The van der Waals surface area contributed by atoms with Gasteiger partial charge >= 0.3 is 5.97 Å². The molecule has 0 aliphatic heterocycles. The SMILES string of the molecule is CC(C)(C(=O)Nc1ccc(C(=O)NCCC(=O)O)cc1)c1ccc(Cl)cc1. The number of nitrogens with one attached hydrogen (secondary N) is 2. The molecule has 0 heterocycles. The van der Waals surface area contributed by atoms with Crippen molar-refractivity contribution in [3.63, 3.8) is 0 Å². The second kappa shape index (κ2) is 8.68. The van der Waals surface area contributed by atoms with Gasteiger partial charge in [-0.2, -0.15) is 0 Å². The van der Waals surface area contributed by atoms with Crippen molar-refractivity contribution in [3.05, 3.63) is 64.7 Å². The third-order valence-electron chi connectivity index (χ3n) is 4.16. The van der Waals surface area contributed by atoms with Crippen LogP contribution in [-0.4, -0.2) is 29.4 Å². The van der Waals surface area contributed by atoms with E-state index in [0.29, 0.717) is 16.3 Å². The van der Waals surface area contributed by atoms with Crippen LogP contribution < -0.4 is 10.6 Å². The van der Waals surface area contributed by atoms with E-state index < -0.39 is 11.4 Å². The summed E-state index contributed by atoms with van der Waals surface area (Å²) in [5.41, 5.74) is 1.01. The van der Waals surface area contributed by atoms with Gasteiger partial charge in [-0.25, -0.2) is 0 Å². The van der Waals surface area contributed by atoms with Gasteiger partial charge in [-0.05, 0) is 55.8 Å². The minimum absolute atomic E-state index is 0.0575. The fourth-order valence-electron chi connectivity index (χ4n) is 2.37. The second-order valence-corrected chi connectivity index (χ2v) is 7.00. The summed E-state index contributed by atoms with van der Waals surface area (Å²) in [5, 5.41) is 14.5. The highest BCUT2D eigenvalue weighted by atomic mass is 35.5. The molecule has 0 atom stereocenters. The predicted octanol–water partition coefficient (Wildman–Crippen LogP) is 3.46. The molecule has 6 nitrogen and oxygen atoms in total. The maximum atomic E-state index is 12.7. The topological polar surface area (TPSA) is 95.5 Å². The van der Waals surface area contributed by atoms with Crippen LogP contribution in [0.15, 0.2) is 48.5 Å². The van der Waals surface area contributed by atoms with Crippen molar-refractivity contribution < 1.29 is 19.5 Å². The molecular formula is C20H21ClN2O4. The second-order valence-electron chi connectivity index (χ2n) is 6.56. The molecule has 2 amide bonds. The molecule has 2 rings (SSSR count). The fraction of sp³-hybridized carbons (Fsp3) is 0.250. The van der Waals surface area contributed by atoms with E-state index in [-0.39, 0.29) is 24.8 Å². The van der Waals surface area contributed by atoms with Gasteiger partial charge in [-0.3, -0.25) is 14.4 Å². The van der Waals surface area contributed by atoms with E-state index in [0.717, 1.165) is 5.56 Å². The highest BCUT2D eigenvalue weighted by Crippen LogP contribution is 2.26. The van der Waals surface area contributed by atoms with Crippen molar-refractivity contribution in [2.24, 2.45) is 0 Å². The van der Waals surface area contributed by atoms with Gasteiger partial charge < -0.3 is 15.7 Å². The van der Waals surface area contributed by atoms with Gasteiger partial charge in [-0.1, -0.05) is 23.7 Å². The maximum Gasteiger partial charge on any atom is 0.305 e. The van der Waals surface area contributed by atoms with E-state index in [1.165, 1.54) is 0 Å². The third kappa shape index (κ3) is 5.56. The predicted molar refractivity (Wildman–Crippen MR) is 104 cm³/mol. The number of hydrogen-bond acceptors (Lipinski definition) is 3. The summed E-state index contributed by atoms with van der Waals surface area (Å²) >= 11 is 5.90. The molecule has 7 heteroatoms. The Morgan fingerprint density at radius 1 is 1.00 bits per heavy atom. The van der Waals surface area contributed by atoms with Gasteiger partial charge in [-0.15, -0.1) is 0 Å². The summed E-state index contributed by atoms with van der Waals surface area (Å²) in [6.07, 6.45) is -0.139. The lowest BCUT2D eigenvalue weighted by Gasteiger charge is -2.24. The van der Waals surface area contributed by atoms with E-state index in [2.05, 4.69) is 10.6 Å². The van der Waals surface area contributed by atoms with Gasteiger partial charge in [0, 0.05) is 22.8 Å². The van der Waals surface area contributed by atoms with Crippen molar-refractivity contribution in [2.75, 3.05) is 11.9 Å². The number of carboxylic acids is 1. The first-order valence-corrected chi connectivity index (χ1v) is 8.75. The molecule has 142 valence electrons. The number of benzene rings is 2. The Kier molecular flexibility index (Phi) is 6.58. The van der Waals surface area contributed by atoms with Crippen molar-refractivity contribution in [2.45, 2.75) is 25.7 Å². The molecule has 3 N–H and O–H groups in total. The van der Waals surface area contributed by atoms with Crippen molar-refractivity contribution in [3.8, 4) is 0 Å². The number of anilines is 1. The summed E-state index contributed by atoms with van der Waals surface area (Å²) in [6.45, 7) is 3.69. The normalized spacial score (nSPS) is 10.9. The Labute approximate surface area is 162 Å². The minimum Gasteiger partial charge on any atom is -0.481 e. The average molecular weight is 389 g/mol. The summed E-state index contributed by atoms with van der Waals surface area (Å²) in [6, 6.07) is 13.5. The highest BCUT2D eigenvalue weighted by Gasteiger charge is 2.29. The summed E-state index contributed by atoms with van der Waals surface area (Å²) in [5.74, 6) is -1.53. The molecule has 0 spiro atoms. The monoisotopic (exact) mass is 388 g/mol. The third-order valence-corrected chi connectivity index (χ3v) is 4.41. The number of rotatable bonds is 7. The number of amides is 2. The number of carbonyl (C=O) groups is 3. The van der Waals surface area contributed by atoms with Crippen LogP contribution in [0, 0.1) is 0 Å². The maximum absolute atomic E-state index is 12.7. The van der Waals surface area contributed by atoms with Crippen LogP contribution in [0.5, 0.6) is 0 Å². The Balaban J connectivity index is 2.00. The van der Waals surface area contributed by atoms with E-state index >= 15 is 0 Å². The van der Waals surface area contributed by atoms with Gasteiger partial charge in [0.25, 0.3) is 5.91 Å². The fourth-order valence-corrected chi connectivity index (χ4v) is 2.50. The van der Waals surface area contributed by atoms with Gasteiger partial charge in [0.15, 0.2) is 0 Å². The van der Waals surface area contributed by atoms with Crippen LogP contribution in [0.25, 0.3) is 0 Å². The summed E-state index contributed by atoms with van der Waals surface area (Å²) in [7, 11) is 0. The Morgan fingerprint density at radius 2 is 1.59 bits per heavy atom. The molecule has 0 aliphatic carbocycles. The average Bonchev–Trinajstić information content (AvgIpc) is 2.62. The van der Waals surface area contributed by atoms with Gasteiger partial charge in [0.1, 0.15) is 0 Å². The molecule has 0 aliphatic rings. The lowest BCUT2D eigenvalue weighted by Crippen LogP contribution is -2.34. The molecule has 0 saturated heterocycles. The first-order valence-electron chi connectivity index (χ1n) is 8.37. The molecule has 0 bridgehead atoms. The van der Waals surface area contributed by atoms with E-state index in [1.807, 2.05) is 26.0 Å². The van der Waals surface area contributed by atoms with Crippen LogP contribution in [0.3, 0.4) is 0 Å². The van der Waals surface area contributed by atoms with Crippen LogP contribution in [0.1, 0.15) is 36.2 Å². The highest BCUT2D eigenvalue weighted by molar-refractivity contribution is 6.30. The van der Waals surface area contributed by atoms with Gasteiger partial charge in [0.05, 0.1) is 11.8 Å². The van der Waals surface area contributed by atoms with Gasteiger partial charge in [0.2, 0.25) is 5.91 Å². The Morgan fingerprint density at radius 3 is 2.15 bits per heavy atom. The summed E-state index contributed by atoms with van der Waals surface area (Å²) in [4.78, 5) is 35.1. The van der Waals surface area contributed by atoms with Crippen LogP contribution in [-0.2, 0) is 15.0 Å². The zero-order valence-electron chi connectivity index (χ0n) is 15.1. The number of halogens is 1. The molecular weight excluding hydrogens is 368 g/mol. The zero-order chi connectivity index (χ0) is 20.0. The van der Waals surface area contributed by atoms with Crippen LogP contribution in [0.4, 0.5) is 5.69 Å². The first kappa shape index (κ1) is 20.5. The first-order chi connectivity index (χ1) is 12.7. The largest absolute Gasteiger partial charge is 0.481 e. The minimum atomic E-state index is -0.975. The standard InChI is InChI=1S/C20H21ClN2O4/c1-20(2,14-5-7-15(21)8-6-14)19(27)23-16-9-3-13(4-10-16)18(26)22-12-11-17(24)25/h3-10H,11-12H2,1-2H3,(H,22,26)(H,23,27)(H,24,25). The molecule has 0 radical (unpaired) electrons.